The van der Waals surface area contributed by atoms with Gasteiger partial charge < -0.3 is 4.74 Å². The van der Waals surface area contributed by atoms with Crippen LogP contribution >= 0.6 is 0 Å². The minimum Gasteiger partial charge on any atom is -0.364 e. The maximum absolute atomic E-state index is 12.0. The van der Waals surface area contributed by atoms with E-state index in [1.165, 1.54) is 24.0 Å². The molecule has 0 aromatic heterocycles. The number of fused-ring (bicyclic) bond motifs is 1. The molecule has 1 aromatic carbocycles. The van der Waals surface area contributed by atoms with Crippen molar-refractivity contribution >= 4 is 5.78 Å². The first-order valence-corrected chi connectivity index (χ1v) is 5.63. The molecule has 1 aliphatic carbocycles. The van der Waals surface area contributed by atoms with E-state index in [2.05, 4.69) is 6.07 Å². The molecule has 0 radical (unpaired) electrons. The van der Waals surface area contributed by atoms with Gasteiger partial charge in [-0.05, 0) is 36.8 Å². The SMILES string of the molecule is O=C(c1cccc2c1CCCC2)C1CO1. The van der Waals surface area contributed by atoms with Crippen molar-refractivity contribution in [3.63, 3.8) is 0 Å². The highest BCUT2D eigenvalue weighted by Gasteiger charge is 2.33. The van der Waals surface area contributed by atoms with E-state index in [4.69, 9.17) is 4.74 Å². The van der Waals surface area contributed by atoms with E-state index in [0.717, 1.165) is 18.4 Å². The third-order valence-electron chi connectivity index (χ3n) is 3.29. The second kappa shape index (κ2) is 3.46. The first kappa shape index (κ1) is 9.10. The fraction of sp³-hybridized carbons (Fsp3) is 0.462. The highest BCUT2D eigenvalue weighted by molar-refractivity contribution is 6.02. The van der Waals surface area contributed by atoms with Crippen molar-refractivity contribution in [2.75, 3.05) is 6.61 Å². The van der Waals surface area contributed by atoms with Crippen LogP contribution in [0.15, 0.2) is 18.2 Å². The molecular weight excluding hydrogens is 188 g/mol. The predicted molar refractivity (Wildman–Crippen MR) is 57.2 cm³/mol. The first-order valence-electron chi connectivity index (χ1n) is 5.63. The zero-order valence-corrected chi connectivity index (χ0v) is 8.66. The standard InChI is InChI=1S/C13H14O2/c14-13(12-8-15-12)11-7-3-5-9-4-1-2-6-10(9)11/h3,5,7,12H,1-2,4,6,8H2. The van der Waals surface area contributed by atoms with Crippen LogP contribution in [0.2, 0.25) is 0 Å². The number of ether oxygens (including phenoxy) is 1. The van der Waals surface area contributed by atoms with E-state index in [1.807, 2.05) is 12.1 Å². The monoisotopic (exact) mass is 202 g/mol. The lowest BCUT2D eigenvalue weighted by molar-refractivity contribution is 0.0952. The molecule has 0 saturated carbocycles. The number of aryl methyl sites for hydroxylation is 1. The van der Waals surface area contributed by atoms with Crippen LogP contribution in [0.4, 0.5) is 0 Å². The van der Waals surface area contributed by atoms with E-state index in [1.54, 1.807) is 0 Å². The Morgan fingerprint density at radius 1 is 1.27 bits per heavy atom. The Bertz CT molecular complexity index is 405. The third kappa shape index (κ3) is 1.59. The topological polar surface area (TPSA) is 29.6 Å². The lowest BCUT2D eigenvalue weighted by Gasteiger charge is -2.18. The second-order valence-electron chi connectivity index (χ2n) is 4.34. The minimum atomic E-state index is -0.140. The zero-order chi connectivity index (χ0) is 10.3. The van der Waals surface area contributed by atoms with Gasteiger partial charge in [-0.15, -0.1) is 0 Å². The maximum Gasteiger partial charge on any atom is 0.194 e. The summed E-state index contributed by atoms with van der Waals surface area (Å²) in [4.78, 5) is 12.0. The molecule has 1 aromatic rings. The highest BCUT2D eigenvalue weighted by Crippen LogP contribution is 2.27. The summed E-state index contributed by atoms with van der Waals surface area (Å²) in [5.74, 6) is 0.189. The van der Waals surface area contributed by atoms with Gasteiger partial charge in [0.1, 0.15) is 6.10 Å². The van der Waals surface area contributed by atoms with E-state index in [0.29, 0.717) is 6.61 Å². The van der Waals surface area contributed by atoms with Crippen LogP contribution in [0.1, 0.15) is 34.3 Å². The van der Waals surface area contributed by atoms with Gasteiger partial charge in [0.25, 0.3) is 0 Å². The van der Waals surface area contributed by atoms with Crippen molar-refractivity contribution in [2.45, 2.75) is 31.8 Å². The molecule has 2 heteroatoms. The molecule has 1 aliphatic heterocycles. The van der Waals surface area contributed by atoms with Gasteiger partial charge in [-0.1, -0.05) is 18.2 Å². The Morgan fingerprint density at radius 3 is 2.87 bits per heavy atom. The minimum absolute atomic E-state index is 0.140. The molecule has 15 heavy (non-hydrogen) atoms. The van der Waals surface area contributed by atoms with E-state index < -0.39 is 0 Å². The van der Waals surface area contributed by atoms with E-state index in [9.17, 15) is 4.79 Å². The summed E-state index contributed by atoms with van der Waals surface area (Å²) < 4.78 is 5.07. The first-order chi connectivity index (χ1) is 7.36. The number of hydrogen-bond donors (Lipinski definition) is 0. The van der Waals surface area contributed by atoms with Gasteiger partial charge in [-0.3, -0.25) is 4.79 Å². The Hall–Kier alpha value is -1.15. The lowest BCUT2D eigenvalue weighted by atomic mass is 9.86. The number of benzene rings is 1. The number of carbonyl (C=O) groups is 1. The molecule has 3 rings (SSSR count). The third-order valence-corrected chi connectivity index (χ3v) is 3.29. The van der Waals surface area contributed by atoms with Gasteiger partial charge in [-0.25, -0.2) is 0 Å². The molecule has 2 nitrogen and oxygen atoms in total. The Morgan fingerprint density at radius 2 is 2.07 bits per heavy atom. The molecule has 1 unspecified atom stereocenters. The second-order valence-corrected chi connectivity index (χ2v) is 4.34. The van der Waals surface area contributed by atoms with Crippen molar-refractivity contribution < 1.29 is 9.53 Å². The number of hydrogen-bond acceptors (Lipinski definition) is 2. The summed E-state index contributed by atoms with van der Waals surface area (Å²) in [6.07, 6.45) is 4.51. The fourth-order valence-corrected chi connectivity index (χ4v) is 2.39. The summed E-state index contributed by atoms with van der Waals surface area (Å²) in [5, 5.41) is 0. The molecule has 1 saturated heterocycles. The van der Waals surface area contributed by atoms with Crippen molar-refractivity contribution in [1.29, 1.82) is 0 Å². The largest absolute Gasteiger partial charge is 0.364 e. The summed E-state index contributed by atoms with van der Waals surface area (Å²) in [5.41, 5.74) is 3.56. The molecule has 0 bridgehead atoms. The van der Waals surface area contributed by atoms with E-state index in [-0.39, 0.29) is 11.9 Å². The summed E-state index contributed by atoms with van der Waals surface area (Å²) in [7, 11) is 0. The van der Waals surface area contributed by atoms with Gasteiger partial charge in [0.2, 0.25) is 0 Å². The van der Waals surface area contributed by atoms with Crippen LogP contribution in [0.5, 0.6) is 0 Å². The fourth-order valence-electron chi connectivity index (χ4n) is 2.39. The molecule has 0 spiro atoms. The Balaban J connectivity index is 2.02. The van der Waals surface area contributed by atoms with Crippen molar-refractivity contribution in [3.8, 4) is 0 Å². The molecule has 0 amide bonds. The molecule has 2 aliphatic rings. The highest BCUT2D eigenvalue weighted by atomic mass is 16.6. The smallest absolute Gasteiger partial charge is 0.194 e. The normalized spacial score (nSPS) is 23.3. The van der Waals surface area contributed by atoms with Gasteiger partial charge in [-0.2, -0.15) is 0 Å². The molecular formula is C13H14O2. The van der Waals surface area contributed by atoms with Gasteiger partial charge >= 0.3 is 0 Å². The van der Waals surface area contributed by atoms with Crippen LogP contribution in [0.25, 0.3) is 0 Å². The summed E-state index contributed by atoms with van der Waals surface area (Å²) in [6, 6.07) is 6.10. The molecule has 1 atom stereocenters. The number of ketones is 1. The van der Waals surface area contributed by atoms with Crippen molar-refractivity contribution in [3.05, 3.63) is 34.9 Å². The number of carbonyl (C=O) groups excluding carboxylic acids is 1. The predicted octanol–water partition coefficient (Wildman–Crippen LogP) is 2.15. The van der Waals surface area contributed by atoms with Crippen LogP contribution in [-0.4, -0.2) is 18.5 Å². The van der Waals surface area contributed by atoms with Gasteiger partial charge in [0, 0.05) is 5.56 Å². The maximum atomic E-state index is 12.0. The number of Topliss-reactive ketones (excluding diaryl/α,β-unsaturated/α-hetero) is 1. The van der Waals surface area contributed by atoms with Crippen molar-refractivity contribution in [1.82, 2.24) is 0 Å². The molecule has 1 fully saturated rings. The van der Waals surface area contributed by atoms with Gasteiger partial charge in [0.05, 0.1) is 6.61 Å². The number of rotatable bonds is 2. The van der Waals surface area contributed by atoms with Crippen LogP contribution in [0.3, 0.4) is 0 Å². The average molecular weight is 202 g/mol. The summed E-state index contributed by atoms with van der Waals surface area (Å²) >= 11 is 0. The molecule has 1 heterocycles. The van der Waals surface area contributed by atoms with Gasteiger partial charge in [0.15, 0.2) is 5.78 Å². The zero-order valence-electron chi connectivity index (χ0n) is 8.66. The van der Waals surface area contributed by atoms with Crippen LogP contribution in [0, 0.1) is 0 Å². The molecule has 0 N–H and O–H groups in total. The Kier molecular flexibility index (Phi) is 2.10. The quantitative estimate of drug-likeness (QED) is 0.543. The van der Waals surface area contributed by atoms with E-state index >= 15 is 0 Å². The van der Waals surface area contributed by atoms with Crippen molar-refractivity contribution in [2.24, 2.45) is 0 Å². The number of epoxide rings is 1. The van der Waals surface area contributed by atoms with Crippen LogP contribution in [-0.2, 0) is 17.6 Å². The lowest BCUT2D eigenvalue weighted by Crippen LogP contribution is -2.14. The summed E-state index contributed by atoms with van der Waals surface area (Å²) in [6.45, 7) is 0.614. The average Bonchev–Trinajstić information content (AvgIpc) is 3.11. The Labute approximate surface area is 89.2 Å². The van der Waals surface area contributed by atoms with Crippen LogP contribution < -0.4 is 0 Å². The molecule has 78 valence electrons.